The van der Waals surface area contributed by atoms with E-state index in [1.165, 1.54) is 11.8 Å². The molecule has 0 saturated heterocycles. The average molecular weight is 215 g/mol. The molecule has 70 valence electrons. The molecule has 13 heavy (non-hydrogen) atoms. The summed E-state index contributed by atoms with van der Waals surface area (Å²) in [6, 6.07) is 7.98. The second-order valence-corrected chi connectivity index (χ2v) is 4.15. The zero-order valence-electron chi connectivity index (χ0n) is 7.42. The number of carbonyl (C=O) groups excluding carboxylic acids is 1. The fourth-order valence-electron chi connectivity index (χ4n) is 0.988. The molecule has 0 saturated carbocycles. The van der Waals surface area contributed by atoms with E-state index in [0.29, 0.717) is 5.88 Å². The van der Waals surface area contributed by atoms with Crippen molar-refractivity contribution >= 4 is 28.5 Å². The first-order valence-electron chi connectivity index (χ1n) is 3.99. The van der Waals surface area contributed by atoms with Gasteiger partial charge in [-0.2, -0.15) is 0 Å². The Morgan fingerprint density at radius 3 is 2.77 bits per heavy atom. The lowest BCUT2D eigenvalue weighted by molar-refractivity contribution is -0.109. The fraction of sp³-hybridized carbons (Fsp3) is 0.300. The Morgan fingerprint density at radius 2 is 2.15 bits per heavy atom. The number of halogens is 1. The first kappa shape index (κ1) is 10.6. The van der Waals surface area contributed by atoms with E-state index in [-0.39, 0.29) is 5.12 Å². The van der Waals surface area contributed by atoms with Gasteiger partial charge in [-0.05, 0) is 11.1 Å². The third-order valence-corrected chi connectivity index (χ3v) is 2.78. The highest BCUT2D eigenvalue weighted by molar-refractivity contribution is 8.12. The quantitative estimate of drug-likeness (QED) is 0.719. The molecule has 1 nitrogen and oxygen atoms in total. The van der Waals surface area contributed by atoms with Gasteiger partial charge in [-0.1, -0.05) is 36.0 Å². The zero-order chi connectivity index (χ0) is 9.68. The van der Waals surface area contributed by atoms with Crippen molar-refractivity contribution in [3.63, 3.8) is 0 Å². The lowest BCUT2D eigenvalue weighted by atomic mass is 10.2. The molecule has 0 aliphatic rings. The number of hydrogen-bond acceptors (Lipinski definition) is 2. The van der Waals surface area contributed by atoms with E-state index in [4.69, 9.17) is 11.6 Å². The highest BCUT2D eigenvalue weighted by Gasteiger charge is 1.97. The summed E-state index contributed by atoms with van der Waals surface area (Å²) in [6.45, 7) is 1.58. The van der Waals surface area contributed by atoms with E-state index >= 15 is 0 Å². The van der Waals surface area contributed by atoms with E-state index in [1.807, 2.05) is 24.3 Å². The molecule has 1 aromatic rings. The van der Waals surface area contributed by atoms with Gasteiger partial charge >= 0.3 is 0 Å². The number of benzene rings is 1. The lowest BCUT2D eigenvalue weighted by Gasteiger charge is -2.00. The molecule has 0 N–H and O–H groups in total. The van der Waals surface area contributed by atoms with Gasteiger partial charge in [0.15, 0.2) is 5.12 Å². The van der Waals surface area contributed by atoms with Crippen molar-refractivity contribution in [2.75, 3.05) is 0 Å². The summed E-state index contributed by atoms with van der Waals surface area (Å²) in [4.78, 5) is 10.7. The minimum Gasteiger partial charge on any atom is -0.288 e. The number of rotatable bonds is 3. The summed E-state index contributed by atoms with van der Waals surface area (Å²) >= 11 is 7.01. The zero-order valence-corrected chi connectivity index (χ0v) is 8.99. The average Bonchev–Trinajstić information content (AvgIpc) is 2.15. The number of alkyl halides is 1. The van der Waals surface area contributed by atoms with Crippen molar-refractivity contribution in [1.82, 2.24) is 0 Å². The maximum atomic E-state index is 10.7. The molecule has 1 rings (SSSR count). The van der Waals surface area contributed by atoms with Crippen LogP contribution in [0.2, 0.25) is 0 Å². The summed E-state index contributed by atoms with van der Waals surface area (Å²) in [6.07, 6.45) is 0. The standard InChI is InChI=1S/C10H11ClOS/c1-8(12)13-7-10-4-2-3-9(5-10)6-11/h2-5H,6-7H2,1H3. The van der Waals surface area contributed by atoms with Crippen LogP contribution in [-0.2, 0) is 16.4 Å². The van der Waals surface area contributed by atoms with Crippen molar-refractivity contribution in [3.8, 4) is 0 Å². The van der Waals surface area contributed by atoms with Gasteiger partial charge in [0.05, 0.1) is 0 Å². The van der Waals surface area contributed by atoms with Crippen LogP contribution in [0.3, 0.4) is 0 Å². The molecule has 1 aromatic carbocycles. The summed E-state index contributed by atoms with van der Waals surface area (Å²) < 4.78 is 0. The minimum atomic E-state index is 0.149. The molecule has 0 heterocycles. The molecular weight excluding hydrogens is 204 g/mol. The molecule has 0 radical (unpaired) electrons. The van der Waals surface area contributed by atoms with Crippen LogP contribution in [0, 0.1) is 0 Å². The second kappa shape index (κ2) is 5.30. The first-order valence-corrected chi connectivity index (χ1v) is 5.51. The van der Waals surface area contributed by atoms with Crippen LogP contribution in [0.4, 0.5) is 0 Å². The molecule has 0 spiro atoms. The van der Waals surface area contributed by atoms with Crippen molar-refractivity contribution in [1.29, 1.82) is 0 Å². The molecule has 0 atom stereocenters. The topological polar surface area (TPSA) is 17.1 Å². The normalized spacial score (nSPS) is 10.0. The smallest absolute Gasteiger partial charge is 0.186 e. The number of thioether (sulfide) groups is 1. The Balaban J connectivity index is 2.61. The van der Waals surface area contributed by atoms with Crippen LogP contribution in [0.15, 0.2) is 24.3 Å². The van der Waals surface area contributed by atoms with Crippen LogP contribution in [-0.4, -0.2) is 5.12 Å². The molecule has 0 aromatic heterocycles. The third-order valence-electron chi connectivity index (χ3n) is 1.59. The molecule has 0 aliphatic carbocycles. The fourth-order valence-corrected chi connectivity index (χ4v) is 1.70. The van der Waals surface area contributed by atoms with Gasteiger partial charge in [0.1, 0.15) is 0 Å². The first-order chi connectivity index (χ1) is 6.22. The highest BCUT2D eigenvalue weighted by Crippen LogP contribution is 2.15. The van der Waals surface area contributed by atoms with Gasteiger partial charge in [0, 0.05) is 18.6 Å². The SMILES string of the molecule is CC(=O)SCc1cccc(CCl)c1. The maximum absolute atomic E-state index is 10.7. The molecule has 0 fully saturated rings. The van der Waals surface area contributed by atoms with E-state index in [9.17, 15) is 4.79 Å². The molecule has 0 amide bonds. The summed E-state index contributed by atoms with van der Waals surface area (Å²) in [5, 5.41) is 0.149. The van der Waals surface area contributed by atoms with Crippen LogP contribution < -0.4 is 0 Å². The lowest BCUT2D eigenvalue weighted by Crippen LogP contribution is -1.87. The predicted molar refractivity (Wildman–Crippen MR) is 58.0 cm³/mol. The van der Waals surface area contributed by atoms with E-state index in [1.54, 1.807) is 6.92 Å². The number of hydrogen-bond donors (Lipinski definition) is 0. The second-order valence-electron chi connectivity index (χ2n) is 2.73. The Morgan fingerprint density at radius 1 is 1.46 bits per heavy atom. The molecule has 3 heteroatoms. The summed E-state index contributed by atoms with van der Waals surface area (Å²) in [5.41, 5.74) is 2.25. The van der Waals surface area contributed by atoms with Gasteiger partial charge in [-0.25, -0.2) is 0 Å². The number of carbonyl (C=O) groups is 1. The van der Waals surface area contributed by atoms with Gasteiger partial charge in [0.2, 0.25) is 0 Å². The van der Waals surface area contributed by atoms with Gasteiger partial charge in [-0.3, -0.25) is 4.79 Å². The molecular formula is C10H11ClOS. The van der Waals surface area contributed by atoms with Crippen LogP contribution in [0.1, 0.15) is 18.1 Å². The van der Waals surface area contributed by atoms with Crippen molar-refractivity contribution in [2.45, 2.75) is 18.6 Å². The molecule has 0 bridgehead atoms. The summed E-state index contributed by atoms with van der Waals surface area (Å²) in [7, 11) is 0. The Kier molecular flexibility index (Phi) is 4.33. The minimum absolute atomic E-state index is 0.149. The van der Waals surface area contributed by atoms with Crippen LogP contribution in [0.25, 0.3) is 0 Å². The van der Waals surface area contributed by atoms with Crippen molar-refractivity contribution in [2.24, 2.45) is 0 Å². The van der Waals surface area contributed by atoms with Gasteiger partial charge in [-0.15, -0.1) is 11.6 Å². The highest BCUT2D eigenvalue weighted by atomic mass is 35.5. The Bertz CT molecular complexity index is 299. The Labute approximate surface area is 87.5 Å². The van der Waals surface area contributed by atoms with Crippen LogP contribution >= 0.6 is 23.4 Å². The summed E-state index contributed by atoms with van der Waals surface area (Å²) in [5.74, 6) is 1.26. The van der Waals surface area contributed by atoms with Gasteiger partial charge in [0.25, 0.3) is 0 Å². The van der Waals surface area contributed by atoms with E-state index < -0.39 is 0 Å². The van der Waals surface area contributed by atoms with Gasteiger partial charge < -0.3 is 0 Å². The van der Waals surface area contributed by atoms with Crippen molar-refractivity contribution in [3.05, 3.63) is 35.4 Å². The predicted octanol–water partition coefficient (Wildman–Crippen LogP) is 3.21. The maximum Gasteiger partial charge on any atom is 0.186 e. The van der Waals surface area contributed by atoms with Crippen molar-refractivity contribution < 1.29 is 4.79 Å². The Hall–Kier alpha value is -0.470. The molecule has 0 aliphatic heterocycles. The van der Waals surface area contributed by atoms with E-state index in [0.717, 1.165) is 16.9 Å². The monoisotopic (exact) mass is 214 g/mol. The van der Waals surface area contributed by atoms with E-state index in [2.05, 4.69) is 0 Å². The molecule has 0 unspecified atom stereocenters. The van der Waals surface area contributed by atoms with Crippen LogP contribution in [0.5, 0.6) is 0 Å². The largest absolute Gasteiger partial charge is 0.288 e. The third kappa shape index (κ3) is 3.83.